The third-order valence-corrected chi connectivity index (χ3v) is 2.77. The van der Waals surface area contributed by atoms with E-state index >= 15 is 0 Å². The summed E-state index contributed by atoms with van der Waals surface area (Å²) in [6.07, 6.45) is 0.0446. The van der Waals surface area contributed by atoms with E-state index in [0.29, 0.717) is 5.56 Å². The summed E-state index contributed by atoms with van der Waals surface area (Å²) in [6.45, 7) is 0. The fourth-order valence-electron chi connectivity index (χ4n) is 1.39. The van der Waals surface area contributed by atoms with Gasteiger partial charge < -0.3 is 4.42 Å². The third-order valence-electron chi connectivity index (χ3n) is 2.21. The summed E-state index contributed by atoms with van der Waals surface area (Å²) in [6, 6.07) is 6.87. The van der Waals surface area contributed by atoms with Gasteiger partial charge in [-0.1, -0.05) is 17.7 Å². The summed E-state index contributed by atoms with van der Waals surface area (Å²) in [7, 11) is 0. The van der Waals surface area contributed by atoms with Crippen molar-refractivity contribution in [1.29, 1.82) is 0 Å². The molecule has 0 atom stereocenters. The first-order valence-electron chi connectivity index (χ1n) is 4.79. The average Bonchev–Trinajstić information content (AvgIpc) is 2.69. The lowest BCUT2D eigenvalue weighted by atomic mass is 10.1. The molecule has 0 bridgehead atoms. The molecular formula is C12H7Cl2FO2. The molecule has 1 heterocycles. The minimum atomic E-state index is -0.438. The Labute approximate surface area is 107 Å². The van der Waals surface area contributed by atoms with Gasteiger partial charge in [0.2, 0.25) is 5.78 Å². The molecule has 0 saturated carbocycles. The normalized spacial score (nSPS) is 10.5. The van der Waals surface area contributed by atoms with Crippen LogP contribution >= 0.6 is 23.2 Å². The molecule has 1 aromatic carbocycles. The smallest absolute Gasteiger partial charge is 0.202 e. The summed E-state index contributed by atoms with van der Waals surface area (Å²) >= 11 is 11.4. The molecule has 1 aromatic heterocycles. The number of carbonyl (C=O) groups excluding carboxylic acids is 1. The van der Waals surface area contributed by atoms with Crippen LogP contribution in [0.2, 0.25) is 10.2 Å². The van der Waals surface area contributed by atoms with Gasteiger partial charge in [0.05, 0.1) is 0 Å². The Bertz CT molecular complexity index is 563. The molecule has 0 fully saturated rings. The molecule has 0 saturated heterocycles. The second kappa shape index (κ2) is 4.90. The summed E-state index contributed by atoms with van der Waals surface area (Å²) < 4.78 is 17.8. The zero-order chi connectivity index (χ0) is 12.4. The predicted octanol–water partition coefficient (Wildman–Crippen LogP) is 4.15. The van der Waals surface area contributed by atoms with Crippen molar-refractivity contribution in [3.8, 4) is 0 Å². The first kappa shape index (κ1) is 12.1. The fourth-order valence-corrected chi connectivity index (χ4v) is 1.77. The Kier molecular flexibility index (Phi) is 3.50. The van der Waals surface area contributed by atoms with Crippen LogP contribution in [-0.4, -0.2) is 5.78 Å². The van der Waals surface area contributed by atoms with Crippen molar-refractivity contribution in [3.05, 3.63) is 57.7 Å². The van der Waals surface area contributed by atoms with Crippen molar-refractivity contribution >= 4 is 29.0 Å². The zero-order valence-corrected chi connectivity index (χ0v) is 10.1. The molecule has 0 N–H and O–H groups in total. The predicted molar refractivity (Wildman–Crippen MR) is 63.2 cm³/mol. The standard InChI is InChI=1S/C12H7Cl2FO2/c13-9-6-8(15)2-1-7(9)5-10(16)11-3-4-12(14)17-11/h1-4,6H,5H2. The second-order valence-corrected chi connectivity index (χ2v) is 4.22. The Balaban J connectivity index is 2.18. The minimum Gasteiger partial charge on any atom is -0.442 e. The number of hydrogen-bond acceptors (Lipinski definition) is 2. The van der Waals surface area contributed by atoms with E-state index in [1.54, 1.807) is 0 Å². The van der Waals surface area contributed by atoms with Gasteiger partial charge >= 0.3 is 0 Å². The largest absolute Gasteiger partial charge is 0.442 e. The molecule has 0 aliphatic rings. The van der Waals surface area contributed by atoms with Crippen LogP contribution in [0.15, 0.2) is 34.7 Å². The first-order valence-corrected chi connectivity index (χ1v) is 5.54. The molecule has 2 nitrogen and oxygen atoms in total. The quantitative estimate of drug-likeness (QED) is 0.786. The van der Waals surface area contributed by atoms with Gasteiger partial charge in [0.1, 0.15) is 5.82 Å². The number of ketones is 1. The first-order chi connectivity index (χ1) is 8.06. The Hall–Kier alpha value is -1.32. The van der Waals surface area contributed by atoms with E-state index in [2.05, 4.69) is 0 Å². The number of halogens is 3. The molecule has 17 heavy (non-hydrogen) atoms. The van der Waals surface area contributed by atoms with Gasteiger partial charge in [-0.2, -0.15) is 0 Å². The number of rotatable bonds is 3. The summed E-state index contributed by atoms with van der Waals surface area (Å²) in [5, 5.41) is 0.370. The van der Waals surface area contributed by atoms with Crippen molar-refractivity contribution in [3.63, 3.8) is 0 Å². The zero-order valence-electron chi connectivity index (χ0n) is 8.54. The number of hydrogen-bond donors (Lipinski definition) is 0. The number of carbonyl (C=O) groups is 1. The molecule has 5 heteroatoms. The number of benzene rings is 1. The van der Waals surface area contributed by atoms with E-state index in [1.165, 1.54) is 30.3 Å². The van der Waals surface area contributed by atoms with Crippen LogP contribution in [0.1, 0.15) is 16.1 Å². The molecule has 2 rings (SSSR count). The van der Waals surface area contributed by atoms with Gasteiger partial charge in [-0.15, -0.1) is 0 Å². The molecule has 0 aliphatic heterocycles. The van der Waals surface area contributed by atoms with Crippen LogP contribution in [0, 0.1) is 5.82 Å². The van der Waals surface area contributed by atoms with Gasteiger partial charge in [-0.3, -0.25) is 4.79 Å². The lowest BCUT2D eigenvalue weighted by Crippen LogP contribution is -2.02. The van der Waals surface area contributed by atoms with Crippen molar-refractivity contribution in [1.82, 2.24) is 0 Å². The van der Waals surface area contributed by atoms with E-state index in [-0.39, 0.29) is 28.2 Å². The highest BCUT2D eigenvalue weighted by Gasteiger charge is 2.13. The van der Waals surface area contributed by atoms with Crippen LogP contribution < -0.4 is 0 Å². The van der Waals surface area contributed by atoms with E-state index in [9.17, 15) is 9.18 Å². The van der Waals surface area contributed by atoms with Gasteiger partial charge in [-0.25, -0.2) is 4.39 Å². The summed E-state index contributed by atoms with van der Waals surface area (Å²) in [5.41, 5.74) is 0.547. The highest BCUT2D eigenvalue weighted by molar-refractivity contribution is 6.31. The molecular weight excluding hydrogens is 266 g/mol. The summed E-state index contributed by atoms with van der Waals surface area (Å²) in [4.78, 5) is 11.8. The second-order valence-electron chi connectivity index (χ2n) is 3.44. The lowest BCUT2D eigenvalue weighted by Gasteiger charge is -2.02. The van der Waals surface area contributed by atoms with Gasteiger partial charge in [0.25, 0.3) is 0 Å². The molecule has 0 aliphatic carbocycles. The third kappa shape index (κ3) is 2.87. The monoisotopic (exact) mass is 272 g/mol. The van der Waals surface area contributed by atoms with Gasteiger partial charge in [-0.05, 0) is 41.4 Å². The lowest BCUT2D eigenvalue weighted by molar-refractivity contribution is 0.0966. The van der Waals surface area contributed by atoms with E-state index in [4.69, 9.17) is 27.6 Å². The Morgan fingerprint density at radius 1 is 1.24 bits per heavy atom. The molecule has 2 aromatic rings. The van der Waals surface area contributed by atoms with Crippen molar-refractivity contribution < 1.29 is 13.6 Å². The number of furan rings is 1. The van der Waals surface area contributed by atoms with Gasteiger partial charge in [0.15, 0.2) is 11.0 Å². The van der Waals surface area contributed by atoms with Crippen LogP contribution in [0.25, 0.3) is 0 Å². The maximum Gasteiger partial charge on any atom is 0.202 e. The van der Waals surface area contributed by atoms with E-state index in [1.807, 2.05) is 0 Å². The SMILES string of the molecule is O=C(Cc1ccc(F)cc1Cl)c1ccc(Cl)o1. The van der Waals surface area contributed by atoms with Crippen LogP contribution in [0.3, 0.4) is 0 Å². The fraction of sp³-hybridized carbons (Fsp3) is 0.0833. The van der Waals surface area contributed by atoms with E-state index < -0.39 is 5.82 Å². The molecule has 88 valence electrons. The molecule has 0 unspecified atom stereocenters. The maximum absolute atomic E-state index is 12.8. The summed E-state index contributed by atoms with van der Waals surface area (Å²) in [5.74, 6) is -0.534. The number of Topliss-reactive ketones (excluding diaryl/α,β-unsaturated/α-hetero) is 1. The van der Waals surface area contributed by atoms with Crippen LogP contribution in [0.4, 0.5) is 4.39 Å². The molecule has 0 radical (unpaired) electrons. The Morgan fingerprint density at radius 3 is 2.59 bits per heavy atom. The topological polar surface area (TPSA) is 30.2 Å². The average molecular weight is 273 g/mol. The van der Waals surface area contributed by atoms with Crippen LogP contribution in [-0.2, 0) is 6.42 Å². The van der Waals surface area contributed by atoms with Crippen LogP contribution in [0.5, 0.6) is 0 Å². The molecule has 0 amide bonds. The highest BCUT2D eigenvalue weighted by Crippen LogP contribution is 2.20. The van der Waals surface area contributed by atoms with Crippen molar-refractivity contribution in [2.24, 2.45) is 0 Å². The maximum atomic E-state index is 12.8. The highest BCUT2D eigenvalue weighted by atomic mass is 35.5. The van der Waals surface area contributed by atoms with Gasteiger partial charge in [0, 0.05) is 11.4 Å². The van der Waals surface area contributed by atoms with Crippen molar-refractivity contribution in [2.75, 3.05) is 0 Å². The van der Waals surface area contributed by atoms with E-state index in [0.717, 1.165) is 0 Å². The molecule has 0 spiro atoms. The minimum absolute atomic E-state index is 0.0446. The van der Waals surface area contributed by atoms with Crippen molar-refractivity contribution in [2.45, 2.75) is 6.42 Å². The Morgan fingerprint density at radius 2 is 2.00 bits per heavy atom.